The molecule has 0 aliphatic rings. The highest BCUT2D eigenvalue weighted by Gasteiger charge is 2.26. The van der Waals surface area contributed by atoms with Gasteiger partial charge in [-0.1, -0.05) is 66.0 Å². The lowest BCUT2D eigenvalue weighted by molar-refractivity contribution is -0.138. The number of amides is 2. The molecule has 0 aliphatic carbocycles. The molecule has 1 N–H and O–H groups in total. The number of thioether (sulfide) groups is 1. The summed E-state index contributed by atoms with van der Waals surface area (Å²) in [7, 11) is 0. The fourth-order valence-corrected chi connectivity index (χ4v) is 4.42. The molecule has 8 heteroatoms. The number of rotatable bonds is 10. The van der Waals surface area contributed by atoms with Crippen LogP contribution in [0.15, 0.2) is 42.5 Å². The standard InChI is InChI=1S/C22H25Cl3N2O2S/c1-3-10-26-22(29)15(2)27(12-16-8-9-18(23)11-20(16)25)21(28)14-30-13-17-6-4-5-7-19(17)24/h4-9,11,15H,3,10,12-14H2,1-2H3,(H,26,29)/t15-/m0/s1. The predicted molar refractivity (Wildman–Crippen MR) is 127 cm³/mol. The van der Waals surface area contributed by atoms with Gasteiger partial charge >= 0.3 is 0 Å². The van der Waals surface area contributed by atoms with Crippen LogP contribution in [0.2, 0.25) is 15.1 Å². The summed E-state index contributed by atoms with van der Waals surface area (Å²) < 4.78 is 0. The quantitative estimate of drug-likeness (QED) is 0.459. The molecule has 4 nitrogen and oxygen atoms in total. The van der Waals surface area contributed by atoms with Crippen LogP contribution in [0.3, 0.4) is 0 Å². The van der Waals surface area contributed by atoms with Crippen LogP contribution in [0.1, 0.15) is 31.4 Å². The molecule has 0 spiro atoms. The summed E-state index contributed by atoms with van der Waals surface area (Å²) >= 11 is 19.9. The molecule has 1 atom stereocenters. The summed E-state index contributed by atoms with van der Waals surface area (Å²) in [6.07, 6.45) is 0.823. The van der Waals surface area contributed by atoms with Crippen LogP contribution < -0.4 is 5.32 Å². The van der Waals surface area contributed by atoms with Gasteiger partial charge in [0.1, 0.15) is 6.04 Å². The molecule has 2 aromatic carbocycles. The molecule has 0 unspecified atom stereocenters. The number of hydrogen-bond donors (Lipinski definition) is 1. The Morgan fingerprint density at radius 2 is 1.80 bits per heavy atom. The second kappa shape index (κ2) is 12.5. The lowest BCUT2D eigenvalue weighted by atomic mass is 10.1. The number of benzene rings is 2. The number of halogens is 3. The van der Waals surface area contributed by atoms with Gasteiger partial charge in [0.2, 0.25) is 11.8 Å². The van der Waals surface area contributed by atoms with Gasteiger partial charge in [-0.05, 0) is 42.7 Å². The van der Waals surface area contributed by atoms with Crippen LogP contribution in [-0.4, -0.2) is 35.1 Å². The van der Waals surface area contributed by atoms with Crippen LogP contribution in [-0.2, 0) is 21.9 Å². The van der Waals surface area contributed by atoms with Gasteiger partial charge in [-0.15, -0.1) is 11.8 Å². The first-order chi connectivity index (χ1) is 14.3. The number of carbonyl (C=O) groups is 2. The van der Waals surface area contributed by atoms with Crippen molar-refractivity contribution in [1.82, 2.24) is 10.2 Å². The highest BCUT2D eigenvalue weighted by Crippen LogP contribution is 2.25. The average molecular weight is 488 g/mol. The Morgan fingerprint density at radius 3 is 2.47 bits per heavy atom. The lowest BCUT2D eigenvalue weighted by Crippen LogP contribution is -2.48. The molecule has 0 fully saturated rings. The topological polar surface area (TPSA) is 49.4 Å². The molecule has 162 valence electrons. The first-order valence-corrected chi connectivity index (χ1v) is 11.9. The Labute approximate surface area is 197 Å². The first-order valence-electron chi connectivity index (χ1n) is 9.65. The Bertz CT molecular complexity index is 879. The van der Waals surface area contributed by atoms with Crippen LogP contribution in [0, 0.1) is 0 Å². The van der Waals surface area contributed by atoms with Crippen molar-refractivity contribution in [3.8, 4) is 0 Å². The van der Waals surface area contributed by atoms with Crippen LogP contribution in [0.4, 0.5) is 0 Å². The van der Waals surface area contributed by atoms with E-state index in [4.69, 9.17) is 34.8 Å². The zero-order valence-electron chi connectivity index (χ0n) is 17.0. The van der Waals surface area contributed by atoms with E-state index in [1.807, 2.05) is 31.2 Å². The van der Waals surface area contributed by atoms with Crippen LogP contribution in [0.25, 0.3) is 0 Å². The van der Waals surface area contributed by atoms with Crippen molar-refractivity contribution >= 4 is 58.4 Å². The van der Waals surface area contributed by atoms with Crippen molar-refractivity contribution < 1.29 is 9.59 Å². The number of nitrogens with one attached hydrogen (secondary N) is 1. The zero-order chi connectivity index (χ0) is 22.1. The minimum Gasteiger partial charge on any atom is -0.354 e. The second-order valence-electron chi connectivity index (χ2n) is 6.81. The molecule has 0 saturated carbocycles. The molecule has 2 amide bonds. The van der Waals surface area contributed by atoms with Crippen molar-refractivity contribution in [2.75, 3.05) is 12.3 Å². The van der Waals surface area contributed by atoms with E-state index < -0.39 is 6.04 Å². The molecule has 30 heavy (non-hydrogen) atoms. The monoisotopic (exact) mass is 486 g/mol. The molecular weight excluding hydrogens is 463 g/mol. The summed E-state index contributed by atoms with van der Waals surface area (Å²) in [5, 5.41) is 4.51. The molecular formula is C22H25Cl3N2O2S. The van der Waals surface area contributed by atoms with E-state index in [0.717, 1.165) is 17.5 Å². The third-order valence-corrected chi connectivity index (χ3v) is 6.44. The van der Waals surface area contributed by atoms with Crippen molar-refractivity contribution in [3.05, 3.63) is 68.7 Å². The Kier molecular flexibility index (Phi) is 10.3. The summed E-state index contributed by atoms with van der Waals surface area (Å²) in [5.74, 6) is 0.503. The van der Waals surface area contributed by atoms with E-state index in [2.05, 4.69) is 5.32 Å². The molecule has 0 aliphatic heterocycles. The summed E-state index contributed by atoms with van der Waals surface area (Å²) in [4.78, 5) is 27.1. The molecule has 0 bridgehead atoms. The smallest absolute Gasteiger partial charge is 0.242 e. The van der Waals surface area contributed by atoms with E-state index in [-0.39, 0.29) is 24.1 Å². The largest absolute Gasteiger partial charge is 0.354 e. The lowest BCUT2D eigenvalue weighted by Gasteiger charge is -2.29. The highest BCUT2D eigenvalue weighted by atomic mass is 35.5. The fourth-order valence-electron chi connectivity index (χ4n) is 2.76. The Balaban J connectivity index is 2.11. The predicted octanol–water partition coefficient (Wildman–Crippen LogP) is 5.82. The van der Waals surface area contributed by atoms with E-state index >= 15 is 0 Å². The normalized spacial score (nSPS) is 11.8. The minimum atomic E-state index is -0.628. The molecule has 2 rings (SSSR count). The molecule has 0 heterocycles. The number of hydrogen-bond acceptors (Lipinski definition) is 3. The maximum atomic E-state index is 13.0. The zero-order valence-corrected chi connectivity index (χ0v) is 20.0. The summed E-state index contributed by atoms with van der Waals surface area (Å²) in [5.41, 5.74) is 1.71. The van der Waals surface area contributed by atoms with E-state index in [1.54, 1.807) is 30.0 Å². The SMILES string of the molecule is CCCNC(=O)[C@H](C)N(Cc1ccc(Cl)cc1Cl)C(=O)CSCc1ccccc1Cl. The summed E-state index contributed by atoms with van der Waals surface area (Å²) in [6, 6.07) is 12.1. The first kappa shape index (κ1) is 24.9. The van der Waals surface area contributed by atoms with Crippen molar-refractivity contribution in [2.24, 2.45) is 0 Å². The van der Waals surface area contributed by atoms with Gasteiger partial charge in [0.25, 0.3) is 0 Å². The maximum absolute atomic E-state index is 13.0. The molecule has 0 saturated heterocycles. The van der Waals surface area contributed by atoms with Crippen LogP contribution >= 0.6 is 46.6 Å². The number of carbonyl (C=O) groups excluding carboxylic acids is 2. The van der Waals surface area contributed by atoms with E-state index in [0.29, 0.717) is 27.4 Å². The fraction of sp³-hybridized carbons (Fsp3) is 0.364. The van der Waals surface area contributed by atoms with Gasteiger partial charge in [0, 0.05) is 33.9 Å². The van der Waals surface area contributed by atoms with Crippen molar-refractivity contribution in [3.63, 3.8) is 0 Å². The van der Waals surface area contributed by atoms with Gasteiger partial charge in [0.05, 0.1) is 5.75 Å². The summed E-state index contributed by atoms with van der Waals surface area (Å²) in [6.45, 7) is 4.49. The Morgan fingerprint density at radius 1 is 1.07 bits per heavy atom. The highest BCUT2D eigenvalue weighted by molar-refractivity contribution is 7.99. The minimum absolute atomic E-state index is 0.141. The van der Waals surface area contributed by atoms with Gasteiger partial charge in [-0.25, -0.2) is 0 Å². The third-order valence-electron chi connectivity index (χ3n) is 4.51. The van der Waals surface area contributed by atoms with Gasteiger partial charge in [-0.2, -0.15) is 0 Å². The molecule has 2 aromatic rings. The van der Waals surface area contributed by atoms with E-state index in [1.165, 1.54) is 11.8 Å². The van der Waals surface area contributed by atoms with Crippen molar-refractivity contribution in [1.29, 1.82) is 0 Å². The average Bonchev–Trinajstić information content (AvgIpc) is 2.72. The van der Waals surface area contributed by atoms with Crippen LogP contribution in [0.5, 0.6) is 0 Å². The molecule has 0 aromatic heterocycles. The third kappa shape index (κ3) is 7.38. The van der Waals surface area contributed by atoms with Gasteiger partial charge < -0.3 is 10.2 Å². The molecule has 0 radical (unpaired) electrons. The van der Waals surface area contributed by atoms with Crippen molar-refractivity contribution in [2.45, 2.75) is 38.6 Å². The maximum Gasteiger partial charge on any atom is 0.242 e. The van der Waals surface area contributed by atoms with E-state index in [9.17, 15) is 9.59 Å². The number of nitrogens with zero attached hydrogens (tertiary/aromatic N) is 1. The van der Waals surface area contributed by atoms with Gasteiger partial charge in [-0.3, -0.25) is 9.59 Å². The van der Waals surface area contributed by atoms with Gasteiger partial charge in [0.15, 0.2) is 0 Å². The Hall–Kier alpha value is -1.40. The second-order valence-corrected chi connectivity index (χ2v) is 9.05.